The average Bonchev–Trinajstić information content (AvgIpc) is 3.20. The quantitative estimate of drug-likeness (QED) is 0.632. The van der Waals surface area contributed by atoms with E-state index in [1.807, 2.05) is 63.2 Å². The molecule has 0 aliphatic carbocycles. The maximum absolute atomic E-state index is 12.3. The van der Waals surface area contributed by atoms with E-state index in [0.717, 1.165) is 40.5 Å². The molecule has 0 unspecified atom stereocenters. The van der Waals surface area contributed by atoms with Gasteiger partial charge in [-0.25, -0.2) is 9.78 Å². The Kier molecular flexibility index (Phi) is 5.27. The van der Waals surface area contributed by atoms with Crippen LogP contribution in [0.4, 0.5) is 10.5 Å². The summed E-state index contributed by atoms with van der Waals surface area (Å²) in [5.74, 6) is 2.62. The van der Waals surface area contributed by atoms with Crippen molar-refractivity contribution in [2.24, 2.45) is 0 Å². The zero-order valence-electron chi connectivity index (χ0n) is 15.6. The molecule has 26 heavy (non-hydrogen) atoms. The van der Waals surface area contributed by atoms with Crippen LogP contribution in [0.3, 0.4) is 0 Å². The van der Waals surface area contributed by atoms with Gasteiger partial charge in [0.25, 0.3) is 0 Å². The second kappa shape index (κ2) is 7.61. The van der Waals surface area contributed by atoms with Crippen LogP contribution < -0.4 is 10.6 Å². The molecule has 0 aliphatic heterocycles. The second-order valence-corrected chi connectivity index (χ2v) is 6.53. The number of rotatable bonds is 6. The molecule has 2 amide bonds. The summed E-state index contributed by atoms with van der Waals surface area (Å²) in [7, 11) is 3.92. The monoisotopic (exact) mass is 355 g/mol. The van der Waals surface area contributed by atoms with Crippen molar-refractivity contribution in [3.05, 3.63) is 47.7 Å². The van der Waals surface area contributed by atoms with Crippen LogP contribution in [-0.2, 0) is 6.42 Å². The Balaban J connectivity index is 1.62. The number of hydrogen-bond acceptors (Lipinski definition) is 4. The minimum Gasteiger partial charge on any atom is -0.465 e. The van der Waals surface area contributed by atoms with Crippen LogP contribution in [0.15, 0.2) is 34.7 Å². The number of aromatic nitrogens is 2. The van der Waals surface area contributed by atoms with Crippen molar-refractivity contribution >= 4 is 22.8 Å². The number of amides is 2. The van der Waals surface area contributed by atoms with Crippen LogP contribution in [-0.4, -0.2) is 41.5 Å². The van der Waals surface area contributed by atoms with E-state index in [4.69, 9.17) is 4.42 Å². The molecule has 2 heterocycles. The van der Waals surface area contributed by atoms with Gasteiger partial charge in [0.05, 0.1) is 17.1 Å². The number of nitrogens with zero attached hydrogens (tertiary/aromatic N) is 2. The van der Waals surface area contributed by atoms with Crippen LogP contribution >= 0.6 is 0 Å². The molecule has 3 rings (SSSR count). The fourth-order valence-electron chi connectivity index (χ4n) is 2.84. The van der Waals surface area contributed by atoms with Crippen molar-refractivity contribution in [2.75, 3.05) is 26.0 Å². The van der Waals surface area contributed by atoms with Crippen LogP contribution in [0.5, 0.6) is 0 Å². The number of hydrogen-bond donors (Lipinski definition) is 3. The van der Waals surface area contributed by atoms with Gasteiger partial charge in [-0.15, -0.1) is 0 Å². The predicted molar refractivity (Wildman–Crippen MR) is 102 cm³/mol. The lowest BCUT2D eigenvalue weighted by Gasteiger charge is -2.22. The minimum atomic E-state index is -0.255. The van der Waals surface area contributed by atoms with Crippen molar-refractivity contribution in [1.82, 2.24) is 20.2 Å². The smallest absolute Gasteiger partial charge is 0.319 e. The number of urea groups is 1. The third-order valence-corrected chi connectivity index (χ3v) is 4.29. The SMILES string of the molecule is CCc1nc2ccc(NC(=O)NC[C@@H](c3ccc(C)o3)N(C)C)cc2[nH]1. The number of carbonyl (C=O) groups is 1. The fourth-order valence-corrected chi connectivity index (χ4v) is 2.84. The number of aryl methyl sites for hydroxylation is 2. The molecule has 0 radical (unpaired) electrons. The maximum Gasteiger partial charge on any atom is 0.319 e. The zero-order chi connectivity index (χ0) is 18.7. The molecule has 7 nitrogen and oxygen atoms in total. The first kappa shape index (κ1) is 18.0. The molecule has 2 aromatic heterocycles. The lowest BCUT2D eigenvalue weighted by molar-refractivity contribution is 0.232. The van der Waals surface area contributed by atoms with E-state index in [-0.39, 0.29) is 12.1 Å². The summed E-state index contributed by atoms with van der Waals surface area (Å²) in [5.41, 5.74) is 2.53. The van der Waals surface area contributed by atoms with Crippen molar-refractivity contribution in [2.45, 2.75) is 26.3 Å². The topological polar surface area (TPSA) is 86.2 Å². The molecular formula is C19H25N5O2. The van der Waals surface area contributed by atoms with Gasteiger partial charge in [0.2, 0.25) is 0 Å². The van der Waals surface area contributed by atoms with Gasteiger partial charge in [-0.1, -0.05) is 6.92 Å². The van der Waals surface area contributed by atoms with Gasteiger partial charge in [-0.2, -0.15) is 0 Å². The Morgan fingerprint density at radius 2 is 2.12 bits per heavy atom. The van der Waals surface area contributed by atoms with Gasteiger partial charge in [-0.05, 0) is 51.4 Å². The van der Waals surface area contributed by atoms with Crippen LogP contribution in [0, 0.1) is 6.92 Å². The number of anilines is 1. The molecule has 1 aromatic carbocycles. The summed E-state index contributed by atoms with van der Waals surface area (Å²) in [4.78, 5) is 22.0. The van der Waals surface area contributed by atoms with E-state index in [0.29, 0.717) is 6.54 Å². The molecule has 0 bridgehead atoms. The number of carbonyl (C=O) groups excluding carboxylic acids is 1. The molecule has 0 saturated heterocycles. The third-order valence-electron chi connectivity index (χ3n) is 4.29. The van der Waals surface area contributed by atoms with Crippen LogP contribution in [0.1, 0.15) is 30.3 Å². The summed E-state index contributed by atoms with van der Waals surface area (Å²) >= 11 is 0. The number of nitrogens with one attached hydrogen (secondary N) is 3. The summed E-state index contributed by atoms with van der Waals surface area (Å²) in [5, 5.41) is 5.77. The van der Waals surface area contributed by atoms with Crippen LogP contribution in [0.2, 0.25) is 0 Å². The highest BCUT2D eigenvalue weighted by Gasteiger charge is 2.18. The number of benzene rings is 1. The Bertz CT molecular complexity index is 896. The summed E-state index contributed by atoms with van der Waals surface area (Å²) in [6, 6.07) is 9.22. The highest BCUT2D eigenvalue weighted by atomic mass is 16.3. The number of aromatic amines is 1. The lowest BCUT2D eigenvalue weighted by Crippen LogP contribution is -2.36. The number of fused-ring (bicyclic) bond motifs is 1. The highest BCUT2D eigenvalue weighted by molar-refractivity contribution is 5.91. The van der Waals surface area contributed by atoms with E-state index < -0.39 is 0 Å². The predicted octanol–water partition coefficient (Wildman–Crippen LogP) is 3.45. The molecule has 138 valence electrons. The van der Waals surface area contributed by atoms with E-state index >= 15 is 0 Å². The van der Waals surface area contributed by atoms with Crippen molar-refractivity contribution in [3.8, 4) is 0 Å². The minimum absolute atomic E-state index is 0.0309. The first-order chi connectivity index (χ1) is 12.5. The summed E-state index contributed by atoms with van der Waals surface area (Å²) in [6.07, 6.45) is 0.843. The van der Waals surface area contributed by atoms with Crippen LogP contribution in [0.25, 0.3) is 11.0 Å². The lowest BCUT2D eigenvalue weighted by atomic mass is 10.2. The molecule has 0 aliphatic rings. The van der Waals surface area contributed by atoms with Crippen molar-refractivity contribution in [3.63, 3.8) is 0 Å². The summed E-state index contributed by atoms with van der Waals surface area (Å²) in [6.45, 7) is 4.40. The van der Waals surface area contributed by atoms with E-state index in [9.17, 15) is 4.79 Å². The molecule has 0 fully saturated rings. The second-order valence-electron chi connectivity index (χ2n) is 6.53. The Morgan fingerprint density at radius 1 is 1.31 bits per heavy atom. The van der Waals surface area contributed by atoms with Gasteiger partial charge < -0.3 is 20.0 Å². The standard InChI is InChI=1S/C19H25N5O2/c1-5-18-22-14-8-7-13(10-15(14)23-18)21-19(25)20-11-16(24(3)4)17-9-6-12(2)26-17/h6-10,16H,5,11H2,1-4H3,(H,22,23)(H2,20,21,25)/t16-/m0/s1. The largest absolute Gasteiger partial charge is 0.465 e. The Labute approximate surface area is 152 Å². The highest BCUT2D eigenvalue weighted by Crippen LogP contribution is 2.20. The fraction of sp³-hybridized carbons (Fsp3) is 0.368. The van der Waals surface area contributed by atoms with Crippen molar-refractivity contribution < 1.29 is 9.21 Å². The summed E-state index contributed by atoms with van der Waals surface area (Å²) < 4.78 is 5.69. The number of likely N-dealkylation sites (N-methyl/N-ethyl adjacent to an activating group) is 1. The molecule has 3 aromatic rings. The number of imidazole rings is 1. The molecule has 0 saturated carbocycles. The molecule has 0 spiro atoms. The molecule has 1 atom stereocenters. The molecular weight excluding hydrogens is 330 g/mol. The normalized spacial score (nSPS) is 12.5. The number of furan rings is 1. The van der Waals surface area contributed by atoms with Gasteiger partial charge in [0.15, 0.2) is 0 Å². The van der Waals surface area contributed by atoms with E-state index in [1.54, 1.807) is 0 Å². The first-order valence-corrected chi connectivity index (χ1v) is 8.72. The van der Waals surface area contributed by atoms with E-state index in [2.05, 4.69) is 20.6 Å². The van der Waals surface area contributed by atoms with Gasteiger partial charge in [0, 0.05) is 18.7 Å². The Hall–Kier alpha value is -2.80. The van der Waals surface area contributed by atoms with Crippen molar-refractivity contribution in [1.29, 1.82) is 0 Å². The van der Waals surface area contributed by atoms with Gasteiger partial charge >= 0.3 is 6.03 Å². The first-order valence-electron chi connectivity index (χ1n) is 8.72. The third kappa shape index (κ3) is 4.05. The number of H-pyrrole nitrogens is 1. The maximum atomic E-state index is 12.3. The Morgan fingerprint density at radius 3 is 2.77 bits per heavy atom. The van der Waals surface area contributed by atoms with Gasteiger partial charge in [-0.3, -0.25) is 4.90 Å². The average molecular weight is 355 g/mol. The zero-order valence-corrected chi connectivity index (χ0v) is 15.6. The molecule has 3 N–H and O–H groups in total. The van der Waals surface area contributed by atoms with Gasteiger partial charge in [0.1, 0.15) is 17.3 Å². The van der Waals surface area contributed by atoms with E-state index in [1.165, 1.54) is 0 Å². The molecule has 7 heteroatoms.